The fourth-order valence-corrected chi connectivity index (χ4v) is 2.47. The van der Waals surface area contributed by atoms with Gasteiger partial charge in [0, 0.05) is 5.69 Å². The molecule has 0 fully saturated rings. The van der Waals surface area contributed by atoms with E-state index in [2.05, 4.69) is 5.32 Å². The van der Waals surface area contributed by atoms with Crippen molar-refractivity contribution in [1.29, 1.82) is 0 Å². The van der Waals surface area contributed by atoms with Gasteiger partial charge in [0.15, 0.2) is 6.61 Å². The molecule has 144 valence electrons. The second-order valence-electron chi connectivity index (χ2n) is 7.00. The SMILES string of the molecule is CC(C)(C)c1ccccc1NC(=O)COC(=O)c1cccc(C(F)(F)F)c1. The Hall–Kier alpha value is -2.83. The molecule has 27 heavy (non-hydrogen) atoms. The van der Waals surface area contributed by atoms with Crippen LogP contribution in [0.2, 0.25) is 0 Å². The lowest BCUT2D eigenvalue weighted by Gasteiger charge is -2.22. The summed E-state index contributed by atoms with van der Waals surface area (Å²) >= 11 is 0. The van der Waals surface area contributed by atoms with Crippen LogP contribution in [-0.2, 0) is 21.1 Å². The first-order valence-corrected chi connectivity index (χ1v) is 8.22. The largest absolute Gasteiger partial charge is 0.452 e. The molecule has 2 rings (SSSR count). The number of halogens is 3. The Morgan fingerprint density at radius 2 is 1.67 bits per heavy atom. The minimum absolute atomic E-state index is 0.210. The van der Waals surface area contributed by atoms with Crippen LogP contribution in [0, 0.1) is 0 Å². The van der Waals surface area contributed by atoms with Crippen LogP contribution in [0.3, 0.4) is 0 Å². The van der Waals surface area contributed by atoms with Gasteiger partial charge in [-0.2, -0.15) is 13.2 Å². The summed E-state index contributed by atoms with van der Waals surface area (Å²) in [6.07, 6.45) is -4.57. The Kier molecular flexibility index (Phi) is 5.93. The predicted molar refractivity (Wildman–Crippen MR) is 95.5 cm³/mol. The van der Waals surface area contributed by atoms with Crippen LogP contribution >= 0.6 is 0 Å². The number of esters is 1. The number of amides is 1. The number of anilines is 1. The highest BCUT2D eigenvalue weighted by atomic mass is 19.4. The number of alkyl halides is 3. The number of carbonyl (C=O) groups excluding carboxylic acids is 2. The van der Waals surface area contributed by atoms with Gasteiger partial charge in [-0.3, -0.25) is 4.79 Å². The first-order chi connectivity index (χ1) is 12.5. The third-order valence-electron chi connectivity index (χ3n) is 3.77. The van der Waals surface area contributed by atoms with Gasteiger partial charge < -0.3 is 10.1 Å². The molecule has 2 aromatic rings. The summed E-state index contributed by atoms with van der Waals surface area (Å²) in [5, 5.41) is 2.66. The van der Waals surface area contributed by atoms with Crippen LogP contribution in [0.15, 0.2) is 48.5 Å². The minimum Gasteiger partial charge on any atom is -0.452 e. The van der Waals surface area contributed by atoms with E-state index < -0.39 is 30.2 Å². The van der Waals surface area contributed by atoms with Gasteiger partial charge in [0.25, 0.3) is 5.91 Å². The van der Waals surface area contributed by atoms with E-state index in [1.165, 1.54) is 6.07 Å². The zero-order valence-electron chi connectivity index (χ0n) is 15.2. The van der Waals surface area contributed by atoms with Gasteiger partial charge in [0.2, 0.25) is 0 Å². The molecule has 0 aliphatic carbocycles. The predicted octanol–water partition coefficient (Wildman–Crippen LogP) is 4.80. The molecular weight excluding hydrogens is 359 g/mol. The summed E-state index contributed by atoms with van der Waals surface area (Å²) in [5.74, 6) is -1.58. The molecule has 0 aromatic heterocycles. The van der Waals surface area contributed by atoms with Crippen molar-refractivity contribution in [3.8, 4) is 0 Å². The summed E-state index contributed by atoms with van der Waals surface area (Å²) in [6, 6.07) is 11.1. The fourth-order valence-electron chi connectivity index (χ4n) is 2.47. The highest BCUT2D eigenvalue weighted by Crippen LogP contribution is 2.30. The maximum Gasteiger partial charge on any atom is 0.416 e. The second kappa shape index (κ2) is 7.82. The molecular formula is C20H20F3NO3. The molecule has 0 unspecified atom stereocenters. The van der Waals surface area contributed by atoms with E-state index in [4.69, 9.17) is 4.74 Å². The molecule has 7 heteroatoms. The summed E-state index contributed by atoms with van der Waals surface area (Å²) in [4.78, 5) is 24.0. The molecule has 0 radical (unpaired) electrons. The highest BCUT2D eigenvalue weighted by molar-refractivity contribution is 5.96. The van der Waals surface area contributed by atoms with Crippen LogP contribution in [0.25, 0.3) is 0 Å². The number of carbonyl (C=O) groups is 2. The van der Waals surface area contributed by atoms with Crippen LogP contribution < -0.4 is 5.32 Å². The lowest BCUT2D eigenvalue weighted by Crippen LogP contribution is -2.23. The number of hydrogen-bond donors (Lipinski definition) is 1. The van der Waals surface area contributed by atoms with Crippen molar-refractivity contribution in [2.24, 2.45) is 0 Å². The van der Waals surface area contributed by atoms with Crippen molar-refractivity contribution < 1.29 is 27.5 Å². The summed E-state index contributed by atoms with van der Waals surface area (Å²) < 4.78 is 43.0. The van der Waals surface area contributed by atoms with Crippen molar-refractivity contribution in [3.05, 3.63) is 65.2 Å². The average molecular weight is 379 g/mol. The van der Waals surface area contributed by atoms with E-state index in [9.17, 15) is 22.8 Å². The highest BCUT2D eigenvalue weighted by Gasteiger charge is 2.31. The first kappa shape index (κ1) is 20.5. The molecule has 0 heterocycles. The first-order valence-electron chi connectivity index (χ1n) is 8.22. The van der Waals surface area contributed by atoms with E-state index in [1.807, 2.05) is 32.9 Å². The Bertz CT molecular complexity index is 839. The van der Waals surface area contributed by atoms with E-state index >= 15 is 0 Å². The van der Waals surface area contributed by atoms with Crippen molar-refractivity contribution in [2.45, 2.75) is 32.4 Å². The fraction of sp³-hybridized carbons (Fsp3) is 0.300. The van der Waals surface area contributed by atoms with Crippen molar-refractivity contribution in [2.75, 3.05) is 11.9 Å². The number of rotatable bonds is 4. The van der Waals surface area contributed by atoms with Gasteiger partial charge in [-0.1, -0.05) is 45.0 Å². The van der Waals surface area contributed by atoms with Crippen molar-refractivity contribution in [3.63, 3.8) is 0 Å². The average Bonchev–Trinajstić information content (AvgIpc) is 2.58. The molecule has 0 atom stereocenters. The van der Waals surface area contributed by atoms with Gasteiger partial charge >= 0.3 is 12.1 Å². The van der Waals surface area contributed by atoms with Crippen LogP contribution in [0.4, 0.5) is 18.9 Å². The van der Waals surface area contributed by atoms with Crippen molar-refractivity contribution >= 4 is 17.6 Å². The third kappa shape index (κ3) is 5.57. The van der Waals surface area contributed by atoms with Crippen LogP contribution in [0.1, 0.15) is 42.3 Å². The number of para-hydroxylation sites is 1. The monoisotopic (exact) mass is 379 g/mol. The molecule has 0 saturated carbocycles. The molecule has 1 amide bonds. The van der Waals surface area contributed by atoms with Crippen molar-refractivity contribution in [1.82, 2.24) is 0 Å². The zero-order chi connectivity index (χ0) is 20.2. The quantitative estimate of drug-likeness (QED) is 0.777. The molecule has 0 aliphatic rings. The Balaban J connectivity index is 2.02. The molecule has 0 bridgehead atoms. The lowest BCUT2D eigenvalue weighted by atomic mass is 9.86. The van der Waals surface area contributed by atoms with Crippen LogP contribution in [-0.4, -0.2) is 18.5 Å². The molecule has 0 spiro atoms. The number of ether oxygens (including phenoxy) is 1. The summed E-state index contributed by atoms with van der Waals surface area (Å²) in [5.41, 5.74) is 0.0550. The van der Waals surface area contributed by atoms with Gasteiger partial charge in [-0.25, -0.2) is 4.79 Å². The lowest BCUT2D eigenvalue weighted by molar-refractivity contribution is -0.137. The Labute approximate surface area is 155 Å². The maximum absolute atomic E-state index is 12.7. The zero-order valence-corrected chi connectivity index (χ0v) is 15.2. The molecule has 0 aliphatic heterocycles. The van der Waals surface area contributed by atoms with Gasteiger partial charge in [0.1, 0.15) is 0 Å². The molecule has 2 aromatic carbocycles. The van der Waals surface area contributed by atoms with Crippen LogP contribution in [0.5, 0.6) is 0 Å². The maximum atomic E-state index is 12.7. The number of hydrogen-bond acceptors (Lipinski definition) is 3. The van der Waals surface area contributed by atoms with Gasteiger partial charge in [-0.05, 0) is 35.2 Å². The number of nitrogens with one attached hydrogen (secondary N) is 1. The second-order valence-corrected chi connectivity index (χ2v) is 7.00. The van der Waals surface area contributed by atoms with E-state index in [0.29, 0.717) is 11.8 Å². The Morgan fingerprint density at radius 3 is 2.30 bits per heavy atom. The summed E-state index contributed by atoms with van der Waals surface area (Å²) in [6.45, 7) is 5.37. The number of benzene rings is 2. The normalized spacial score (nSPS) is 11.8. The van der Waals surface area contributed by atoms with Gasteiger partial charge in [-0.15, -0.1) is 0 Å². The van der Waals surface area contributed by atoms with Gasteiger partial charge in [0.05, 0.1) is 11.1 Å². The smallest absolute Gasteiger partial charge is 0.416 e. The molecule has 1 N–H and O–H groups in total. The minimum atomic E-state index is -4.57. The Morgan fingerprint density at radius 1 is 1.00 bits per heavy atom. The standard InChI is InChI=1S/C20H20F3NO3/c1-19(2,3)15-9-4-5-10-16(15)24-17(25)12-27-18(26)13-7-6-8-14(11-13)20(21,22)23/h4-11H,12H2,1-3H3,(H,24,25). The summed E-state index contributed by atoms with van der Waals surface area (Å²) in [7, 11) is 0. The third-order valence-corrected chi connectivity index (χ3v) is 3.77. The molecule has 0 saturated heterocycles. The van der Waals surface area contributed by atoms with E-state index in [0.717, 1.165) is 17.7 Å². The molecule has 4 nitrogen and oxygen atoms in total. The topological polar surface area (TPSA) is 55.4 Å². The van der Waals surface area contributed by atoms with E-state index in [1.54, 1.807) is 12.1 Å². The van der Waals surface area contributed by atoms with E-state index in [-0.39, 0.29) is 11.0 Å².